The Bertz CT molecular complexity index is 927. The van der Waals surface area contributed by atoms with Crippen LogP contribution >= 0.6 is 11.3 Å². The first kappa shape index (κ1) is 18.7. The maximum Gasteiger partial charge on any atom is 0.573 e. The summed E-state index contributed by atoms with van der Waals surface area (Å²) in [4.78, 5) is 4.41. The van der Waals surface area contributed by atoms with Crippen LogP contribution in [0.4, 0.5) is 18.3 Å². The number of benzene rings is 2. The third kappa shape index (κ3) is 5.20. The molecular weight excluding hydrogens is 379 g/mol. The SMILES string of the molecule is COc1ccc(OC(F)(F)F)cc1C=NNc1nc(-c2ccccc2)cs1. The molecule has 0 unspecified atom stereocenters. The summed E-state index contributed by atoms with van der Waals surface area (Å²) in [6, 6.07) is 13.4. The topological polar surface area (TPSA) is 55.7 Å². The zero-order valence-corrected chi connectivity index (χ0v) is 14.8. The predicted octanol–water partition coefficient (Wildman–Crippen LogP) is 5.16. The number of anilines is 1. The van der Waals surface area contributed by atoms with Gasteiger partial charge in [0.1, 0.15) is 11.5 Å². The monoisotopic (exact) mass is 393 g/mol. The van der Waals surface area contributed by atoms with E-state index in [4.69, 9.17) is 4.74 Å². The number of rotatable bonds is 6. The second-order valence-corrected chi connectivity index (χ2v) is 6.08. The molecule has 0 bridgehead atoms. The van der Waals surface area contributed by atoms with E-state index in [0.717, 1.165) is 11.3 Å². The van der Waals surface area contributed by atoms with E-state index in [2.05, 4.69) is 20.2 Å². The number of alkyl halides is 3. The molecule has 3 aromatic rings. The third-order valence-electron chi connectivity index (χ3n) is 3.37. The van der Waals surface area contributed by atoms with Crippen LogP contribution in [0.2, 0.25) is 0 Å². The van der Waals surface area contributed by atoms with E-state index in [-0.39, 0.29) is 5.75 Å². The first-order valence-electron chi connectivity index (χ1n) is 7.68. The maximum atomic E-state index is 12.4. The molecule has 0 spiro atoms. The Morgan fingerprint density at radius 2 is 1.93 bits per heavy atom. The minimum atomic E-state index is -4.77. The predicted molar refractivity (Wildman–Crippen MR) is 98.4 cm³/mol. The molecule has 9 heteroatoms. The first-order chi connectivity index (χ1) is 12.9. The fourth-order valence-corrected chi connectivity index (χ4v) is 2.90. The Balaban J connectivity index is 1.72. The minimum absolute atomic E-state index is 0.326. The lowest BCUT2D eigenvalue weighted by molar-refractivity contribution is -0.274. The van der Waals surface area contributed by atoms with Crippen LogP contribution in [-0.4, -0.2) is 24.7 Å². The molecule has 140 valence electrons. The molecule has 0 fully saturated rings. The first-order valence-corrected chi connectivity index (χ1v) is 8.56. The Hall–Kier alpha value is -3.07. The number of methoxy groups -OCH3 is 1. The Morgan fingerprint density at radius 3 is 2.63 bits per heavy atom. The number of nitrogens with zero attached hydrogens (tertiary/aromatic N) is 2. The van der Waals surface area contributed by atoms with Gasteiger partial charge in [-0.2, -0.15) is 5.10 Å². The number of nitrogens with one attached hydrogen (secondary N) is 1. The van der Waals surface area contributed by atoms with Gasteiger partial charge in [0.2, 0.25) is 5.13 Å². The number of hydrogen-bond donors (Lipinski definition) is 1. The Kier molecular flexibility index (Phi) is 5.60. The highest BCUT2D eigenvalue weighted by Gasteiger charge is 2.31. The molecule has 2 aromatic carbocycles. The molecule has 0 saturated carbocycles. The molecule has 1 heterocycles. The molecule has 0 aliphatic carbocycles. The molecule has 0 atom stereocenters. The van der Waals surface area contributed by atoms with Gasteiger partial charge < -0.3 is 9.47 Å². The van der Waals surface area contributed by atoms with Crippen LogP contribution in [0.5, 0.6) is 11.5 Å². The van der Waals surface area contributed by atoms with Crippen LogP contribution in [0.3, 0.4) is 0 Å². The van der Waals surface area contributed by atoms with E-state index in [9.17, 15) is 13.2 Å². The van der Waals surface area contributed by atoms with Crippen molar-refractivity contribution in [3.05, 3.63) is 59.5 Å². The zero-order valence-electron chi connectivity index (χ0n) is 14.0. The molecule has 1 aromatic heterocycles. The molecule has 1 N–H and O–H groups in total. The molecule has 27 heavy (non-hydrogen) atoms. The number of thiazole rings is 1. The smallest absolute Gasteiger partial charge is 0.496 e. The van der Waals surface area contributed by atoms with E-state index >= 15 is 0 Å². The van der Waals surface area contributed by atoms with Gasteiger partial charge in [0.15, 0.2) is 0 Å². The Labute approximate surface area is 157 Å². The van der Waals surface area contributed by atoms with Gasteiger partial charge in [-0.25, -0.2) is 4.98 Å². The van der Waals surface area contributed by atoms with Crippen molar-refractivity contribution in [3.63, 3.8) is 0 Å². The fraction of sp³-hybridized carbons (Fsp3) is 0.111. The molecular formula is C18H14F3N3O2S. The standard InChI is InChI=1S/C18H14F3N3O2S/c1-25-16-8-7-14(26-18(19,20)21)9-13(16)10-22-24-17-23-15(11-27-17)12-5-3-2-4-6-12/h2-11H,1H3,(H,23,24). The van der Waals surface area contributed by atoms with Gasteiger partial charge >= 0.3 is 6.36 Å². The quantitative estimate of drug-likeness (QED) is 0.464. The average Bonchev–Trinajstić information content (AvgIpc) is 3.10. The van der Waals surface area contributed by atoms with Crippen molar-refractivity contribution in [3.8, 4) is 22.8 Å². The van der Waals surface area contributed by atoms with Crippen LogP contribution in [0, 0.1) is 0 Å². The van der Waals surface area contributed by atoms with Gasteiger partial charge in [-0.15, -0.1) is 24.5 Å². The van der Waals surface area contributed by atoms with Crippen molar-refractivity contribution in [2.45, 2.75) is 6.36 Å². The van der Waals surface area contributed by atoms with E-state index in [1.165, 1.54) is 42.9 Å². The van der Waals surface area contributed by atoms with Crippen LogP contribution in [-0.2, 0) is 0 Å². The molecule has 0 amide bonds. The summed E-state index contributed by atoms with van der Waals surface area (Å²) < 4.78 is 46.1. The molecule has 0 saturated heterocycles. The lowest BCUT2D eigenvalue weighted by Crippen LogP contribution is -2.17. The van der Waals surface area contributed by atoms with E-state index in [0.29, 0.717) is 16.4 Å². The molecule has 5 nitrogen and oxygen atoms in total. The van der Waals surface area contributed by atoms with Crippen molar-refractivity contribution in [1.29, 1.82) is 0 Å². The van der Waals surface area contributed by atoms with Gasteiger partial charge in [-0.1, -0.05) is 30.3 Å². The van der Waals surface area contributed by atoms with Crippen molar-refractivity contribution in [1.82, 2.24) is 4.98 Å². The van der Waals surface area contributed by atoms with Gasteiger partial charge in [0, 0.05) is 16.5 Å². The molecule has 0 aliphatic rings. The highest BCUT2D eigenvalue weighted by atomic mass is 32.1. The summed E-state index contributed by atoms with van der Waals surface area (Å²) in [6.45, 7) is 0. The summed E-state index contributed by atoms with van der Waals surface area (Å²) in [7, 11) is 1.41. The van der Waals surface area contributed by atoms with Crippen molar-refractivity contribution in [2.24, 2.45) is 5.10 Å². The van der Waals surface area contributed by atoms with Gasteiger partial charge in [0.25, 0.3) is 0 Å². The van der Waals surface area contributed by atoms with Crippen molar-refractivity contribution >= 4 is 22.7 Å². The number of aromatic nitrogens is 1. The van der Waals surface area contributed by atoms with Gasteiger partial charge in [-0.05, 0) is 18.2 Å². The number of halogens is 3. The summed E-state index contributed by atoms with van der Waals surface area (Å²) >= 11 is 1.36. The summed E-state index contributed by atoms with van der Waals surface area (Å²) in [6.07, 6.45) is -3.43. The second kappa shape index (κ2) is 8.09. The summed E-state index contributed by atoms with van der Waals surface area (Å²) in [5, 5.41) is 6.45. The fourth-order valence-electron chi connectivity index (χ4n) is 2.23. The van der Waals surface area contributed by atoms with Crippen LogP contribution in [0.25, 0.3) is 11.3 Å². The van der Waals surface area contributed by atoms with E-state index in [1.807, 2.05) is 35.7 Å². The highest BCUT2D eigenvalue weighted by Crippen LogP contribution is 2.28. The lowest BCUT2D eigenvalue weighted by atomic mass is 10.2. The van der Waals surface area contributed by atoms with Crippen molar-refractivity contribution < 1.29 is 22.6 Å². The van der Waals surface area contributed by atoms with Crippen LogP contribution < -0.4 is 14.9 Å². The van der Waals surface area contributed by atoms with Crippen molar-refractivity contribution in [2.75, 3.05) is 12.5 Å². The summed E-state index contributed by atoms with van der Waals surface area (Å²) in [5.41, 5.74) is 4.86. The van der Waals surface area contributed by atoms with Crippen LogP contribution in [0.15, 0.2) is 59.0 Å². The number of ether oxygens (including phenoxy) is 2. The Morgan fingerprint density at radius 1 is 1.15 bits per heavy atom. The number of hydrogen-bond acceptors (Lipinski definition) is 6. The molecule has 0 aliphatic heterocycles. The minimum Gasteiger partial charge on any atom is -0.496 e. The zero-order chi connectivity index (χ0) is 19.3. The third-order valence-corrected chi connectivity index (χ3v) is 4.12. The highest BCUT2D eigenvalue weighted by molar-refractivity contribution is 7.14. The summed E-state index contributed by atoms with van der Waals surface area (Å²) in [5.74, 6) is 0.00421. The van der Waals surface area contributed by atoms with E-state index in [1.54, 1.807) is 0 Å². The lowest BCUT2D eigenvalue weighted by Gasteiger charge is -2.11. The molecule has 0 radical (unpaired) electrons. The van der Waals surface area contributed by atoms with Gasteiger partial charge in [-0.3, -0.25) is 5.43 Å². The average molecular weight is 393 g/mol. The second-order valence-electron chi connectivity index (χ2n) is 5.23. The maximum absolute atomic E-state index is 12.4. The normalized spacial score (nSPS) is 11.6. The molecule has 3 rings (SSSR count). The number of hydrazone groups is 1. The van der Waals surface area contributed by atoms with E-state index < -0.39 is 6.36 Å². The van der Waals surface area contributed by atoms with Gasteiger partial charge in [0.05, 0.1) is 19.0 Å². The van der Waals surface area contributed by atoms with Crippen LogP contribution in [0.1, 0.15) is 5.56 Å². The largest absolute Gasteiger partial charge is 0.573 e.